The van der Waals surface area contributed by atoms with E-state index in [1.165, 1.54) is 5.56 Å². The Morgan fingerprint density at radius 1 is 1.10 bits per heavy atom. The van der Waals surface area contributed by atoms with E-state index < -0.39 is 0 Å². The molecule has 0 aliphatic heterocycles. The van der Waals surface area contributed by atoms with Gasteiger partial charge in [-0.15, -0.1) is 0 Å². The van der Waals surface area contributed by atoms with Crippen LogP contribution in [0.3, 0.4) is 0 Å². The van der Waals surface area contributed by atoms with Gasteiger partial charge in [-0.25, -0.2) is 0 Å². The van der Waals surface area contributed by atoms with Crippen molar-refractivity contribution in [1.82, 2.24) is 14.9 Å². The number of H-pyrrole nitrogens is 1. The van der Waals surface area contributed by atoms with Crippen molar-refractivity contribution in [2.45, 2.75) is 46.6 Å². The summed E-state index contributed by atoms with van der Waals surface area (Å²) >= 11 is 5.17. The standard InChI is InChI=1S/C23H28N4O2S/c1-6-28-21-13-18(14-24-27-16(2)25-26-22(27)30)9-12-20(21)29-15-17-7-10-19(11-8-17)23(3,4)5/h7-14H,6,15H2,1-5H3,(H,26,30)/b24-14-. The van der Waals surface area contributed by atoms with Crippen molar-refractivity contribution >= 4 is 18.4 Å². The van der Waals surface area contributed by atoms with Crippen molar-refractivity contribution in [3.63, 3.8) is 0 Å². The highest BCUT2D eigenvalue weighted by molar-refractivity contribution is 7.71. The summed E-state index contributed by atoms with van der Waals surface area (Å²) in [5, 5.41) is 11.1. The average Bonchev–Trinajstić information content (AvgIpc) is 3.03. The minimum atomic E-state index is 0.137. The summed E-state index contributed by atoms with van der Waals surface area (Å²) in [5.74, 6) is 2.07. The summed E-state index contributed by atoms with van der Waals surface area (Å²) in [6.07, 6.45) is 1.72. The molecule has 30 heavy (non-hydrogen) atoms. The van der Waals surface area contributed by atoms with Crippen LogP contribution >= 0.6 is 12.2 Å². The Kier molecular flexibility index (Phi) is 6.72. The zero-order valence-electron chi connectivity index (χ0n) is 18.1. The van der Waals surface area contributed by atoms with Gasteiger partial charge >= 0.3 is 0 Å². The van der Waals surface area contributed by atoms with Gasteiger partial charge in [-0.1, -0.05) is 45.0 Å². The van der Waals surface area contributed by atoms with Gasteiger partial charge in [0.2, 0.25) is 4.77 Å². The van der Waals surface area contributed by atoms with Gasteiger partial charge < -0.3 is 9.47 Å². The minimum absolute atomic E-state index is 0.137. The number of benzene rings is 2. The molecule has 0 amide bonds. The minimum Gasteiger partial charge on any atom is -0.490 e. The van der Waals surface area contributed by atoms with E-state index in [0.29, 0.717) is 35.3 Å². The molecule has 1 aromatic heterocycles. The maximum Gasteiger partial charge on any atom is 0.216 e. The number of rotatable bonds is 7. The summed E-state index contributed by atoms with van der Waals surface area (Å²) in [6.45, 7) is 11.4. The topological polar surface area (TPSA) is 64.4 Å². The molecule has 3 aromatic rings. The van der Waals surface area contributed by atoms with E-state index in [1.54, 1.807) is 10.9 Å². The third-order valence-corrected chi connectivity index (χ3v) is 4.88. The lowest BCUT2D eigenvalue weighted by Crippen LogP contribution is -2.10. The van der Waals surface area contributed by atoms with E-state index in [9.17, 15) is 0 Å². The molecule has 0 saturated carbocycles. The smallest absolute Gasteiger partial charge is 0.216 e. The summed E-state index contributed by atoms with van der Waals surface area (Å²) in [4.78, 5) is 0. The molecule has 0 fully saturated rings. The molecule has 0 saturated heterocycles. The van der Waals surface area contributed by atoms with Crippen LogP contribution in [0.25, 0.3) is 0 Å². The molecule has 3 rings (SSSR count). The largest absolute Gasteiger partial charge is 0.490 e. The second kappa shape index (κ2) is 9.26. The number of ether oxygens (including phenoxy) is 2. The first-order valence-corrected chi connectivity index (χ1v) is 10.4. The van der Waals surface area contributed by atoms with Crippen molar-refractivity contribution < 1.29 is 9.47 Å². The molecule has 1 heterocycles. The van der Waals surface area contributed by atoms with E-state index >= 15 is 0 Å². The van der Waals surface area contributed by atoms with Crippen LogP contribution in [0, 0.1) is 11.7 Å². The molecule has 0 bridgehead atoms. The van der Waals surface area contributed by atoms with Crippen LogP contribution in [0.5, 0.6) is 11.5 Å². The van der Waals surface area contributed by atoms with E-state index in [0.717, 1.165) is 11.1 Å². The maximum absolute atomic E-state index is 6.04. The van der Waals surface area contributed by atoms with Gasteiger partial charge in [0.1, 0.15) is 12.4 Å². The van der Waals surface area contributed by atoms with Gasteiger partial charge in [0.15, 0.2) is 11.5 Å². The lowest BCUT2D eigenvalue weighted by atomic mass is 9.87. The van der Waals surface area contributed by atoms with Gasteiger partial charge in [-0.2, -0.15) is 14.9 Å². The lowest BCUT2D eigenvalue weighted by Gasteiger charge is -2.19. The number of nitrogens with zero attached hydrogens (tertiary/aromatic N) is 3. The molecule has 0 atom stereocenters. The highest BCUT2D eigenvalue weighted by Gasteiger charge is 2.13. The predicted molar refractivity (Wildman–Crippen MR) is 122 cm³/mol. The molecule has 6 nitrogen and oxygen atoms in total. The van der Waals surface area contributed by atoms with E-state index in [-0.39, 0.29) is 5.41 Å². The zero-order chi connectivity index (χ0) is 21.7. The number of nitrogens with one attached hydrogen (secondary N) is 1. The lowest BCUT2D eigenvalue weighted by molar-refractivity contribution is 0.269. The SMILES string of the molecule is CCOc1cc(/C=N\n2c(C)n[nH]c2=S)ccc1OCc1ccc(C(C)(C)C)cc1. The van der Waals surface area contributed by atoms with Crippen LogP contribution < -0.4 is 9.47 Å². The highest BCUT2D eigenvalue weighted by Crippen LogP contribution is 2.29. The Labute approximate surface area is 182 Å². The first kappa shape index (κ1) is 21.8. The van der Waals surface area contributed by atoms with Crippen molar-refractivity contribution in [1.29, 1.82) is 0 Å². The van der Waals surface area contributed by atoms with Gasteiger partial charge in [-0.05, 0) is 66.4 Å². The summed E-state index contributed by atoms with van der Waals surface area (Å²) in [6, 6.07) is 14.3. The quantitative estimate of drug-likeness (QED) is 0.407. The molecule has 0 unspecified atom stereocenters. The van der Waals surface area contributed by atoms with Crippen LogP contribution in [0.15, 0.2) is 47.6 Å². The maximum atomic E-state index is 6.04. The first-order chi connectivity index (χ1) is 14.3. The van der Waals surface area contributed by atoms with Crippen molar-refractivity contribution in [3.05, 3.63) is 69.8 Å². The normalized spacial score (nSPS) is 11.8. The second-order valence-electron chi connectivity index (χ2n) is 8.01. The van der Waals surface area contributed by atoms with Crippen molar-refractivity contribution in [2.75, 3.05) is 6.61 Å². The van der Waals surface area contributed by atoms with Gasteiger partial charge in [0.25, 0.3) is 0 Å². The zero-order valence-corrected chi connectivity index (χ0v) is 18.9. The molecule has 0 radical (unpaired) electrons. The molecule has 0 aliphatic carbocycles. The van der Waals surface area contributed by atoms with Crippen LogP contribution in [-0.2, 0) is 12.0 Å². The fraction of sp³-hybridized carbons (Fsp3) is 0.348. The van der Waals surface area contributed by atoms with Gasteiger partial charge in [-0.3, -0.25) is 5.10 Å². The number of hydrogen-bond acceptors (Lipinski definition) is 5. The third-order valence-electron chi connectivity index (χ3n) is 4.62. The number of aryl methyl sites for hydroxylation is 1. The van der Waals surface area contributed by atoms with Crippen molar-refractivity contribution in [3.8, 4) is 11.5 Å². The van der Waals surface area contributed by atoms with E-state index in [2.05, 4.69) is 60.3 Å². The Balaban J connectivity index is 1.74. The summed E-state index contributed by atoms with van der Waals surface area (Å²) < 4.78 is 13.8. The number of hydrogen-bond donors (Lipinski definition) is 1. The highest BCUT2D eigenvalue weighted by atomic mass is 32.1. The van der Waals surface area contributed by atoms with Crippen LogP contribution in [-0.4, -0.2) is 27.7 Å². The molecule has 7 heteroatoms. The molecule has 1 N–H and O–H groups in total. The number of aromatic nitrogens is 3. The number of aromatic amines is 1. The van der Waals surface area contributed by atoms with E-state index in [1.807, 2.05) is 32.0 Å². The fourth-order valence-electron chi connectivity index (χ4n) is 2.89. The fourth-order valence-corrected chi connectivity index (χ4v) is 3.11. The third kappa shape index (κ3) is 5.36. The Bertz CT molecular complexity index is 1080. The Morgan fingerprint density at radius 2 is 1.83 bits per heavy atom. The Morgan fingerprint density at radius 3 is 2.43 bits per heavy atom. The molecule has 0 aliphatic rings. The molecular formula is C23H28N4O2S. The predicted octanol–water partition coefficient (Wildman–Crippen LogP) is 5.41. The van der Waals surface area contributed by atoms with Gasteiger partial charge in [0, 0.05) is 0 Å². The molecule has 2 aromatic carbocycles. The summed E-state index contributed by atoms with van der Waals surface area (Å²) in [5.41, 5.74) is 3.43. The monoisotopic (exact) mass is 424 g/mol. The molecule has 0 spiro atoms. The second-order valence-corrected chi connectivity index (χ2v) is 8.39. The molecule has 158 valence electrons. The Hall–Kier alpha value is -2.93. The van der Waals surface area contributed by atoms with Gasteiger partial charge in [0.05, 0.1) is 12.8 Å². The first-order valence-electron chi connectivity index (χ1n) is 9.95. The van der Waals surface area contributed by atoms with E-state index in [4.69, 9.17) is 21.7 Å². The van der Waals surface area contributed by atoms with Crippen molar-refractivity contribution in [2.24, 2.45) is 5.10 Å². The van der Waals surface area contributed by atoms with Crippen LogP contribution in [0.1, 0.15) is 50.2 Å². The van der Waals surface area contributed by atoms with Crippen LogP contribution in [0.4, 0.5) is 0 Å². The van der Waals surface area contributed by atoms with Crippen LogP contribution in [0.2, 0.25) is 0 Å². The average molecular weight is 425 g/mol. The summed E-state index contributed by atoms with van der Waals surface area (Å²) in [7, 11) is 0. The molecular weight excluding hydrogens is 396 g/mol.